The standard InChI is InChI=1S/C38H27N/c1-2-10-28(11-3-1)30-22-24-35(25-23-30)39(38-19-9-15-31-13-6-7-18-37(31)38)36-17-8-16-33(27-36)34-21-20-29-12-4-5-14-32(29)26-34/h1-27H/i6D,7D,8D,9D,13D,15D,16D,17D,18D,19D,22D,23D,24D,25D,27D. The van der Waals surface area contributed by atoms with E-state index in [9.17, 15) is 6.85 Å². The van der Waals surface area contributed by atoms with Gasteiger partial charge in [-0.1, -0.05) is 127 Å². The smallest absolute Gasteiger partial charge is 0.0651 e. The van der Waals surface area contributed by atoms with E-state index in [4.69, 9.17) is 13.7 Å². The summed E-state index contributed by atoms with van der Waals surface area (Å²) >= 11 is 0. The predicted octanol–water partition coefficient (Wildman–Crippen LogP) is 10.8. The zero-order valence-electron chi connectivity index (χ0n) is 35.4. The molecule has 7 aromatic rings. The third-order valence-electron chi connectivity index (χ3n) is 6.29. The topological polar surface area (TPSA) is 3.24 Å². The molecule has 0 radical (unpaired) electrons. The maximum absolute atomic E-state index is 9.59. The number of rotatable bonds is 5. The van der Waals surface area contributed by atoms with Gasteiger partial charge in [0.2, 0.25) is 0 Å². The van der Waals surface area contributed by atoms with E-state index in [1.165, 1.54) is 0 Å². The van der Waals surface area contributed by atoms with Crippen molar-refractivity contribution >= 4 is 38.6 Å². The highest BCUT2D eigenvalue weighted by atomic mass is 15.1. The molecule has 0 saturated carbocycles. The van der Waals surface area contributed by atoms with Gasteiger partial charge in [0.15, 0.2) is 0 Å². The Morgan fingerprint density at radius 1 is 0.436 bits per heavy atom. The van der Waals surface area contributed by atoms with Crippen LogP contribution in [0.1, 0.15) is 20.6 Å². The van der Waals surface area contributed by atoms with Gasteiger partial charge in [-0.15, -0.1) is 0 Å². The predicted molar refractivity (Wildman–Crippen MR) is 167 cm³/mol. The Morgan fingerprint density at radius 3 is 2.05 bits per heavy atom. The summed E-state index contributed by atoms with van der Waals surface area (Å²) < 4.78 is 134. The molecule has 0 saturated heterocycles. The lowest BCUT2D eigenvalue weighted by Gasteiger charge is -2.27. The minimum absolute atomic E-state index is 0.0911. The highest BCUT2D eigenvalue weighted by Crippen LogP contribution is 2.40. The van der Waals surface area contributed by atoms with E-state index in [2.05, 4.69) is 0 Å². The van der Waals surface area contributed by atoms with Crippen LogP contribution >= 0.6 is 0 Å². The average Bonchev–Trinajstić information content (AvgIpc) is 3.16. The van der Waals surface area contributed by atoms with E-state index in [1.807, 2.05) is 18.2 Å². The molecular formula is C38H27N. The summed E-state index contributed by atoms with van der Waals surface area (Å²) in [4.78, 5) is 0.797. The number of anilines is 3. The Hall–Kier alpha value is -5.14. The first-order chi connectivity index (χ1) is 25.6. The molecule has 184 valence electrons. The van der Waals surface area contributed by atoms with E-state index in [-0.39, 0.29) is 16.7 Å². The summed E-state index contributed by atoms with van der Waals surface area (Å²) in [5.74, 6) is 0. The van der Waals surface area contributed by atoms with Crippen LogP contribution < -0.4 is 4.90 Å². The number of fused-ring (bicyclic) bond motifs is 2. The third-order valence-corrected chi connectivity index (χ3v) is 6.29. The largest absolute Gasteiger partial charge is 0.310 e. The Labute approximate surface area is 250 Å². The van der Waals surface area contributed by atoms with E-state index in [1.54, 1.807) is 54.6 Å². The van der Waals surface area contributed by atoms with Crippen LogP contribution in [0.15, 0.2) is 163 Å². The van der Waals surface area contributed by atoms with E-state index in [0.717, 1.165) is 15.7 Å². The van der Waals surface area contributed by atoms with Crippen molar-refractivity contribution in [1.29, 1.82) is 0 Å². The Bertz CT molecular complexity index is 2690. The first kappa shape index (κ1) is 12.1. The van der Waals surface area contributed by atoms with Crippen molar-refractivity contribution in [1.82, 2.24) is 0 Å². The fraction of sp³-hybridized carbons (Fsp3) is 0. The summed E-state index contributed by atoms with van der Waals surface area (Å²) in [6.07, 6.45) is 0. The number of nitrogens with zero attached hydrogens (tertiary/aromatic N) is 1. The zero-order valence-corrected chi connectivity index (χ0v) is 20.4. The summed E-state index contributed by atoms with van der Waals surface area (Å²) in [6.45, 7) is 0. The van der Waals surface area contributed by atoms with Crippen molar-refractivity contribution in [2.45, 2.75) is 0 Å². The summed E-state index contributed by atoms with van der Waals surface area (Å²) in [7, 11) is 0. The van der Waals surface area contributed by atoms with Gasteiger partial charge >= 0.3 is 0 Å². The van der Waals surface area contributed by atoms with Crippen LogP contribution in [-0.4, -0.2) is 0 Å². The highest BCUT2D eigenvalue weighted by molar-refractivity contribution is 5.99. The Kier molecular flexibility index (Phi) is 3.10. The van der Waals surface area contributed by atoms with Gasteiger partial charge in [0.1, 0.15) is 0 Å². The molecular weight excluding hydrogens is 470 g/mol. The first-order valence-electron chi connectivity index (χ1n) is 19.6. The molecule has 1 nitrogen and oxygen atoms in total. The average molecular weight is 513 g/mol. The molecule has 7 aromatic carbocycles. The monoisotopic (exact) mass is 512 g/mol. The van der Waals surface area contributed by atoms with E-state index < -0.39 is 118 Å². The van der Waals surface area contributed by atoms with Crippen LogP contribution in [0, 0.1) is 0 Å². The second-order valence-corrected chi connectivity index (χ2v) is 8.68. The molecule has 0 heterocycles. The molecule has 0 bridgehead atoms. The minimum Gasteiger partial charge on any atom is -0.310 e. The lowest BCUT2D eigenvalue weighted by Crippen LogP contribution is -2.10. The molecule has 0 aliphatic heterocycles. The molecule has 0 atom stereocenters. The second kappa shape index (κ2) is 9.96. The van der Waals surface area contributed by atoms with Crippen LogP contribution in [0.2, 0.25) is 0 Å². The van der Waals surface area contributed by atoms with Crippen LogP contribution in [-0.2, 0) is 0 Å². The Morgan fingerprint density at radius 2 is 1.18 bits per heavy atom. The molecule has 0 aliphatic carbocycles. The molecule has 0 aromatic heterocycles. The molecule has 0 N–H and O–H groups in total. The molecule has 0 spiro atoms. The lowest BCUT2D eigenvalue weighted by atomic mass is 10.00. The fourth-order valence-corrected chi connectivity index (χ4v) is 4.40. The molecule has 0 aliphatic rings. The quantitative estimate of drug-likeness (QED) is 0.222. The van der Waals surface area contributed by atoms with Gasteiger partial charge in [0.25, 0.3) is 0 Å². The van der Waals surface area contributed by atoms with Crippen molar-refractivity contribution in [2.75, 3.05) is 4.90 Å². The second-order valence-electron chi connectivity index (χ2n) is 8.68. The van der Waals surface area contributed by atoms with Crippen molar-refractivity contribution < 1.29 is 20.6 Å². The molecule has 0 unspecified atom stereocenters. The van der Waals surface area contributed by atoms with Crippen LogP contribution in [0.5, 0.6) is 0 Å². The fourth-order valence-electron chi connectivity index (χ4n) is 4.40. The maximum Gasteiger partial charge on any atom is 0.0651 e. The SMILES string of the molecule is [2H]c1c([2H])c(-c2ccc3ccccc3c2)c([2H])c(N(c2c([2H])c([2H])c(-c3ccccc3)c([2H])c2[2H])c2c([2H])c([2H])c([2H])c3c([2H])c([2H])c([2H])c([2H])c23)c1[2H]. The lowest BCUT2D eigenvalue weighted by molar-refractivity contribution is 1.30. The molecule has 39 heavy (non-hydrogen) atoms. The van der Waals surface area contributed by atoms with Gasteiger partial charge in [-0.2, -0.15) is 0 Å². The molecule has 0 amide bonds. The van der Waals surface area contributed by atoms with Gasteiger partial charge in [0.05, 0.1) is 26.2 Å². The van der Waals surface area contributed by atoms with Crippen molar-refractivity contribution in [2.24, 2.45) is 0 Å². The van der Waals surface area contributed by atoms with Gasteiger partial charge < -0.3 is 4.90 Å². The van der Waals surface area contributed by atoms with Crippen LogP contribution in [0.25, 0.3) is 43.8 Å². The third kappa shape index (κ3) is 4.45. The minimum atomic E-state index is -0.839. The molecule has 7 rings (SSSR count). The highest BCUT2D eigenvalue weighted by Gasteiger charge is 2.16. The van der Waals surface area contributed by atoms with E-state index in [0.29, 0.717) is 5.56 Å². The number of benzene rings is 7. The van der Waals surface area contributed by atoms with Crippen molar-refractivity contribution in [3.8, 4) is 22.3 Å². The van der Waals surface area contributed by atoms with Gasteiger partial charge in [-0.25, -0.2) is 0 Å². The van der Waals surface area contributed by atoms with Crippen LogP contribution in [0.4, 0.5) is 17.1 Å². The summed E-state index contributed by atoms with van der Waals surface area (Å²) in [5, 5.41) is 0.562. The number of hydrogen-bond acceptors (Lipinski definition) is 1. The Balaban J connectivity index is 1.71. The van der Waals surface area contributed by atoms with Crippen LogP contribution in [0.3, 0.4) is 0 Å². The normalized spacial score (nSPS) is 16.5. The zero-order chi connectivity index (χ0) is 39.1. The molecule has 0 fully saturated rings. The van der Waals surface area contributed by atoms with Gasteiger partial charge in [0, 0.05) is 16.8 Å². The maximum atomic E-state index is 9.59. The van der Waals surface area contributed by atoms with Gasteiger partial charge in [-0.05, 0) is 74.7 Å². The summed E-state index contributed by atoms with van der Waals surface area (Å²) in [5.41, 5.74) is -1.49. The summed E-state index contributed by atoms with van der Waals surface area (Å²) in [6, 6.07) is 9.98. The van der Waals surface area contributed by atoms with Gasteiger partial charge in [-0.3, -0.25) is 0 Å². The number of hydrogen-bond donors (Lipinski definition) is 0. The van der Waals surface area contributed by atoms with Crippen molar-refractivity contribution in [3.05, 3.63) is 163 Å². The first-order valence-corrected chi connectivity index (χ1v) is 12.1. The molecule has 1 heteroatoms. The van der Waals surface area contributed by atoms with E-state index >= 15 is 0 Å². The van der Waals surface area contributed by atoms with Crippen molar-refractivity contribution in [3.63, 3.8) is 0 Å².